The van der Waals surface area contributed by atoms with Gasteiger partial charge in [-0.15, -0.1) is 0 Å². The van der Waals surface area contributed by atoms with Crippen LogP contribution in [0.15, 0.2) is 18.2 Å². The van der Waals surface area contributed by atoms with Crippen molar-refractivity contribution in [1.29, 1.82) is 0 Å². The number of nitro groups is 1. The topological polar surface area (TPSA) is 67.2 Å². The summed E-state index contributed by atoms with van der Waals surface area (Å²) < 4.78 is 0. The monoisotopic (exact) mass is 275 g/mol. The van der Waals surface area contributed by atoms with Gasteiger partial charge in [-0.2, -0.15) is 0 Å². The highest BCUT2D eigenvalue weighted by Gasteiger charge is 2.41. The predicted octanol–water partition coefficient (Wildman–Crippen LogP) is 2.99. The van der Waals surface area contributed by atoms with E-state index in [1.54, 1.807) is 6.07 Å². The number of aryl methyl sites for hydroxylation is 1. The molecule has 1 aromatic rings. The molecule has 0 radical (unpaired) electrons. The van der Waals surface area contributed by atoms with E-state index in [1.807, 2.05) is 19.1 Å². The standard InChI is InChI=1S/C15H21N3O2/c1-11-3-4-13(14(9-11)18(19)20)17-12-5-8-16-15(10-12)6-2-7-15/h3-4,9,12,16-17H,2,5-8,10H2,1H3. The maximum Gasteiger partial charge on any atom is 0.292 e. The van der Waals surface area contributed by atoms with Crippen LogP contribution in [-0.4, -0.2) is 23.0 Å². The summed E-state index contributed by atoms with van der Waals surface area (Å²) in [6, 6.07) is 5.74. The molecule has 2 aliphatic rings. The van der Waals surface area contributed by atoms with Crippen LogP contribution in [0.25, 0.3) is 0 Å². The minimum atomic E-state index is -0.296. The van der Waals surface area contributed by atoms with Gasteiger partial charge >= 0.3 is 0 Å². The second-order valence-electron chi connectivity index (χ2n) is 6.17. The fraction of sp³-hybridized carbons (Fsp3) is 0.600. The molecule has 0 amide bonds. The van der Waals surface area contributed by atoms with Crippen LogP contribution >= 0.6 is 0 Å². The molecule has 1 aromatic carbocycles. The lowest BCUT2D eigenvalue weighted by Gasteiger charge is -2.48. The molecule has 1 unspecified atom stereocenters. The van der Waals surface area contributed by atoms with Crippen LogP contribution in [0.1, 0.15) is 37.7 Å². The quantitative estimate of drug-likeness (QED) is 0.657. The summed E-state index contributed by atoms with van der Waals surface area (Å²) in [7, 11) is 0. The number of hydrogen-bond acceptors (Lipinski definition) is 4. The Morgan fingerprint density at radius 2 is 2.25 bits per heavy atom. The van der Waals surface area contributed by atoms with E-state index in [0.717, 1.165) is 24.9 Å². The molecule has 108 valence electrons. The van der Waals surface area contributed by atoms with Crippen LogP contribution in [0, 0.1) is 17.0 Å². The molecule has 1 atom stereocenters. The zero-order chi connectivity index (χ0) is 14.2. The molecule has 1 saturated carbocycles. The maximum absolute atomic E-state index is 11.2. The van der Waals surface area contributed by atoms with Gasteiger partial charge in [-0.3, -0.25) is 10.1 Å². The van der Waals surface area contributed by atoms with Gasteiger partial charge in [0.05, 0.1) is 4.92 Å². The number of anilines is 1. The third kappa shape index (κ3) is 2.50. The highest BCUT2D eigenvalue weighted by molar-refractivity contribution is 5.63. The van der Waals surface area contributed by atoms with Gasteiger partial charge in [0.2, 0.25) is 0 Å². The van der Waals surface area contributed by atoms with Crippen LogP contribution in [0.3, 0.4) is 0 Å². The summed E-state index contributed by atoms with van der Waals surface area (Å²) in [5, 5.41) is 18.2. The SMILES string of the molecule is Cc1ccc(NC2CCNC3(CCC3)C2)c([N+](=O)[O-])c1. The molecule has 5 nitrogen and oxygen atoms in total. The molecule has 1 spiro atoms. The number of nitrogens with one attached hydrogen (secondary N) is 2. The van der Waals surface area contributed by atoms with Crippen molar-refractivity contribution in [3.63, 3.8) is 0 Å². The van der Waals surface area contributed by atoms with Gasteiger partial charge in [-0.1, -0.05) is 6.07 Å². The third-order valence-electron chi connectivity index (χ3n) is 4.65. The molecule has 1 saturated heterocycles. The highest BCUT2D eigenvalue weighted by atomic mass is 16.6. The molecular weight excluding hydrogens is 254 g/mol. The van der Waals surface area contributed by atoms with E-state index < -0.39 is 0 Å². The molecule has 0 bridgehead atoms. The largest absolute Gasteiger partial charge is 0.377 e. The van der Waals surface area contributed by atoms with Gasteiger partial charge in [-0.05, 0) is 57.2 Å². The Balaban J connectivity index is 1.75. The first kappa shape index (κ1) is 13.4. The molecule has 1 aliphatic heterocycles. The van der Waals surface area contributed by atoms with E-state index in [2.05, 4.69) is 10.6 Å². The summed E-state index contributed by atoms with van der Waals surface area (Å²) in [6.45, 7) is 2.88. The van der Waals surface area contributed by atoms with Crippen LogP contribution < -0.4 is 10.6 Å². The normalized spacial score (nSPS) is 24.1. The van der Waals surface area contributed by atoms with Crippen LogP contribution in [-0.2, 0) is 0 Å². The Bertz CT molecular complexity index is 526. The molecular formula is C15H21N3O2. The zero-order valence-corrected chi connectivity index (χ0v) is 11.8. The smallest absolute Gasteiger partial charge is 0.292 e. The third-order valence-corrected chi connectivity index (χ3v) is 4.65. The van der Waals surface area contributed by atoms with Crippen molar-refractivity contribution in [2.75, 3.05) is 11.9 Å². The second kappa shape index (κ2) is 5.05. The van der Waals surface area contributed by atoms with E-state index in [1.165, 1.54) is 19.3 Å². The summed E-state index contributed by atoms with van der Waals surface area (Å²) >= 11 is 0. The molecule has 2 fully saturated rings. The number of hydrogen-bond donors (Lipinski definition) is 2. The Labute approximate surface area is 118 Å². The number of piperidine rings is 1. The van der Waals surface area contributed by atoms with E-state index in [-0.39, 0.29) is 10.6 Å². The Morgan fingerprint density at radius 1 is 1.45 bits per heavy atom. The van der Waals surface area contributed by atoms with Gasteiger partial charge in [0.1, 0.15) is 5.69 Å². The van der Waals surface area contributed by atoms with Crippen LogP contribution in [0.2, 0.25) is 0 Å². The minimum absolute atomic E-state index is 0.186. The zero-order valence-electron chi connectivity index (χ0n) is 11.8. The average Bonchev–Trinajstić information content (AvgIpc) is 2.39. The van der Waals surface area contributed by atoms with Crippen molar-refractivity contribution in [2.45, 2.75) is 50.6 Å². The second-order valence-corrected chi connectivity index (χ2v) is 6.17. The lowest BCUT2D eigenvalue weighted by Crippen LogP contribution is -2.58. The van der Waals surface area contributed by atoms with Gasteiger partial charge < -0.3 is 10.6 Å². The summed E-state index contributed by atoms with van der Waals surface area (Å²) in [4.78, 5) is 10.9. The fourth-order valence-electron chi connectivity index (χ4n) is 3.40. The minimum Gasteiger partial charge on any atom is -0.377 e. The lowest BCUT2D eigenvalue weighted by molar-refractivity contribution is -0.384. The Morgan fingerprint density at radius 3 is 2.90 bits per heavy atom. The first-order valence-electron chi connectivity index (χ1n) is 7.35. The highest BCUT2D eigenvalue weighted by Crippen LogP contribution is 2.39. The fourth-order valence-corrected chi connectivity index (χ4v) is 3.40. The Hall–Kier alpha value is -1.62. The Kier molecular flexibility index (Phi) is 3.38. The van der Waals surface area contributed by atoms with E-state index in [4.69, 9.17) is 0 Å². The van der Waals surface area contributed by atoms with Crippen molar-refractivity contribution in [1.82, 2.24) is 5.32 Å². The van der Waals surface area contributed by atoms with Crippen molar-refractivity contribution in [2.24, 2.45) is 0 Å². The van der Waals surface area contributed by atoms with Crippen LogP contribution in [0.5, 0.6) is 0 Å². The molecule has 0 aromatic heterocycles. The first-order chi connectivity index (χ1) is 9.58. The van der Waals surface area contributed by atoms with Gasteiger partial charge in [-0.25, -0.2) is 0 Å². The molecule has 3 rings (SSSR count). The van der Waals surface area contributed by atoms with Gasteiger partial charge in [0, 0.05) is 17.6 Å². The van der Waals surface area contributed by atoms with Crippen molar-refractivity contribution < 1.29 is 4.92 Å². The number of benzene rings is 1. The summed E-state index contributed by atoms with van der Waals surface area (Å²) in [5.74, 6) is 0. The molecule has 1 heterocycles. The maximum atomic E-state index is 11.2. The average molecular weight is 275 g/mol. The van der Waals surface area contributed by atoms with Gasteiger partial charge in [0.25, 0.3) is 5.69 Å². The lowest BCUT2D eigenvalue weighted by atomic mass is 9.70. The van der Waals surface area contributed by atoms with E-state index >= 15 is 0 Å². The molecule has 1 aliphatic carbocycles. The summed E-state index contributed by atoms with van der Waals surface area (Å²) in [5.41, 5.74) is 2.06. The molecule has 20 heavy (non-hydrogen) atoms. The number of rotatable bonds is 3. The molecule has 5 heteroatoms. The summed E-state index contributed by atoms with van der Waals surface area (Å²) in [6.07, 6.45) is 5.86. The van der Waals surface area contributed by atoms with Crippen molar-refractivity contribution in [3.05, 3.63) is 33.9 Å². The van der Waals surface area contributed by atoms with Crippen molar-refractivity contribution in [3.8, 4) is 0 Å². The van der Waals surface area contributed by atoms with E-state index in [0.29, 0.717) is 17.3 Å². The van der Waals surface area contributed by atoms with E-state index in [9.17, 15) is 10.1 Å². The number of nitrogens with zero attached hydrogens (tertiary/aromatic N) is 1. The number of nitro benzene ring substituents is 1. The van der Waals surface area contributed by atoms with Gasteiger partial charge in [0.15, 0.2) is 0 Å². The van der Waals surface area contributed by atoms with Crippen molar-refractivity contribution >= 4 is 11.4 Å². The first-order valence-corrected chi connectivity index (χ1v) is 7.35. The predicted molar refractivity (Wildman–Crippen MR) is 79.1 cm³/mol. The molecule has 2 N–H and O–H groups in total. The van der Waals surface area contributed by atoms with Crippen LogP contribution in [0.4, 0.5) is 11.4 Å².